The Bertz CT molecular complexity index is 564. The second kappa shape index (κ2) is 7.24. The van der Waals surface area contributed by atoms with E-state index in [1.54, 1.807) is 0 Å². The molecule has 0 saturated carbocycles. The molecule has 0 aliphatic rings. The molecule has 2 atom stereocenters. The Balaban J connectivity index is 2.50. The monoisotopic (exact) mass is 333 g/mol. The minimum atomic E-state index is 0.429. The van der Waals surface area contributed by atoms with Crippen molar-refractivity contribution in [1.29, 1.82) is 0 Å². The average molecular weight is 334 g/mol. The minimum Gasteiger partial charge on any atom is -0.310 e. The Kier molecular flexibility index (Phi) is 5.62. The zero-order chi connectivity index (χ0) is 14.5. The van der Waals surface area contributed by atoms with Gasteiger partial charge in [-0.15, -0.1) is 0 Å². The summed E-state index contributed by atoms with van der Waals surface area (Å²) in [5, 5.41) is 6.34. The molecule has 0 spiro atoms. The Labute approximate surface area is 130 Å². The first-order valence-electron chi connectivity index (χ1n) is 7.59. The molecule has 2 aromatic carbocycles. The first-order chi connectivity index (χ1) is 9.69. The van der Waals surface area contributed by atoms with Gasteiger partial charge in [-0.2, -0.15) is 0 Å². The fourth-order valence-corrected chi connectivity index (χ4v) is 3.49. The normalized spacial score (nSPS) is 14.4. The molecule has 1 N–H and O–H groups in total. The quantitative estimate of drug-likeness (QED) is 0.716. The zero-order valence-electron chi connectivity index (χ0n) is 12.6. The predicted octanol–water partition coefficient (Wildman–Crippen LogP) is 5.69. The molecule has 2 unspecified atom stereocenters. The molecule has 0 bridgehead atoms. The molecule has 0 saturated heterocycles. The van der Waals surface area contributed by atoms with Crippen molar-refractivity contribution in [3.05, 3.63) is 46.4 Å². The molecule has 20 heavy (non-hydrogen) atoms. The third-order valence-corrected chi connectivity index (χ3v) is 4.67. The summed E-state index contributed by atoms with van der Waals surface area (Å²) in [6, 6.07) is 13.5. The van der Waals surface area contributed by atoms with Crippen LogP contribution in [0.3, 0.4) is 0 Å². The SMILES string of the molecule is CCCC(C)C(NCC)c1ccc(Br)c2ccccc12. The van der Waals surface area contributed by atoms with Gasteiger partial charge in [-0.25, -0.2) is 0 Å². The first kappa shape index (κ1) is 15.5. The van der Waals surface area contributed by atoms with Crippen LogP contribution >= 0.6 is 15.9 Å². The summed E-state index contributed by atoms with van der Waals surface area (Å²) in [7, 11) is 0. The Morgan fingerprint density at radius 1 is 1.05 bits per heavy atom. The van der Waals surface area contributed by atoms with Gasteiger partial charge in [-0.05, 0) is 41.3 Å². The molecular formula is C18H24BrN. The molecule has 2 aromatic rings. The highest BCUT2D eigenvalue weighted by molar-refractivity contribution is 9.10. The van der Waals surface area contributed by atoms with Crippen LogP contribution in [0, 0.1) is 5.92 Å². The third kappa shape index (κ3) is 3.24. The number of hydrogen-bond acceptors (Lipinski definition) is 1. The molecule has 0 amide bonds. The lowest BCUT2D eigenvalue weighted by atomic mass is 9.88. The molecule has 0 aliphatic carbocycles. The highest BCUT2D eigenvalue weighted by Gasteiger charge is 2.20. The van der Waals surface area contributed by atoms with E-state index in [1.807, 2.05) is 0 Å². The van der Waals surface area contributed by atoms with E-state index in [2.05, 4.69) is 78.4 Å². The fourth-order valence-electron chi connectivity index (χ4n) is 3.02. The van der Waals surface area contributed by atoms with Gasteiger partial charge in [0.05, 0.1) is 0 Å². The van der Waals surface area contributed by atoms with Gasteiger partial charge in [-0.1, -0.05) is 73.5 Å². The number of hydrogen-bond donors (Lipinski definition) is 1. The molecule has 2 heteroatoms. The summed E-state index contributed by atoms with van der Waals surface area (Å²) in [5.74, 6) is 0.643. The van der Waals surface area contributed by atoms with Gasteiger partial charge in [0, 0.05) is 10.5 Å². The number of nitrogens with one attached hydrogen (secondary N) is 1. The second-order valence-corrected chi connectivity index (χ2v) is 6.34. The molecule has 0 fully saturated rings. The van der Waals surface area contributed by atoms with Crippen molar-refractivity contribution in [1.82, 2.24) is 5.32 Å². The molecule has 2 rings (SSSR count). The first-order valence-corrected chi connectivity index (χ1v) is 8.38. The summed E-state index contributed by atoms with van der Waals surface area (Å²) >= 11 is 3.67. The van der Waals surface area contributed by atoms with E-state index >= 15 is 0 Å². The van der Waals surface area contributed by atoms with Crippen LogP contribution in [-0.4, -0.2) is 6.54 Å². The zero-order valence-corrected chi connectivity index (χ0v) is 14.2. The molecule has 0 aromatic heterocycles. The van der Waals surface area contributed by atoms with Crippen molar-refractivity contribution in [2.75, 3.05) is 6.54 Å². The van der Waals surface area contributed by atoms with E-state index in [9.17, 15) is 0 Å². The fraction of sp³-hybridized carbons (Fsp3) is 0.444. The van der Waals surface area contributed by atoms with Gasteiger partial charge >= 0.3 is 0 Å². The summed E-state index contributed by atoms with van der Waals surface area (Å²) < 4.78 is 1.18. The topological polar surface area (TPSA) is 12.0 Å². The molecule has 1 nitrogen and oxygen atoms in total. The van der Waals surface area contributed by atoms with Gasteiger partial charge in [0.25, 0.3) is 0 Å². The lowest BCUT2D eigenvalue weighted by Gasteiger charge is -2.26. The number of rotatable bonds is 6. The van der Waals surface area contributed by atoms with Crippen LogP contribution < -0.4 is 5.32 Å². The Morgan fingerprint density at radius 3 is 2.40 bits per heavy atom. The molecule has 108 valence electrons. The summed E-state index contributed by atoms with van der Waals surface area (Å²) in [6.45, 7) is 7.81. The van der Waals surface area contributed by atoms with Crippen LogP contribution in [-0.2, 0) is 0 Å². The van der Waals surface area contributed by atoms with E-state index < -0.39 is 0 Å². The number of fused-ring (bicyclic) bond motifs is 1. The van der Waals surface area contributed by atoms with Crippen LogP contribution in [0.2, 0.25) is 0 Å². The molecule has 0 heterocycles. The van der Waals surface area contributed by atoms with Gasteiger partial charge in [0.2, 0.25) is 0 Å². The van der Waals surface area contributed by atoms with Gasteiger partial charge in [-0.3, -0.25) is 0 Å². The maximum atomic E-state index is 3.68. The molecule has 0 radical (unpaired) electrons. The number of halogens is 1. The van der Waals surface area contributed by atoms with E-state index in [0.29, 0.717) is 12.0 Å². The van der Waals surface area contributed by atoms with Crippen LogP contribution in [0.5, 0.6) is 0 Å². The minimum absolute atomic E-state index is 0.429. The van der Waals surface area contributed by atoms with Crippen molar-refractivity contribution in [3.63, 3.8) is 0 Å². The number of benzene rings is 2. The summed E-state index contributed by atoms with van der Waals surface area (Å²) in [5.41, 5.74) is 1.42. The summed E-state index contributed by atoms with van der Waals surface area (Å²) in [6.07, 6.45) is 2.49. The van der Waals surface area contributed by atoms with E-state index in [4.69, 9.17) is 0 Å². The van der Waals surface area contributed by atoms with E-state index in [-0.39, 0.29) is 0 Å². The van der Waals surface area contributed by atoms with Crippen LogP contribution in [0.4, 0.5) is 0 Å². The lowest BCUT2D eigenvalue weighted by Crippen LogP contribution is -2.27. The third-order valence-electron chi connectivity index (χ3n) is 3.98. The highest BCUT2D eigenvalue weighted by Crippen LogP contribution is 2.34. The largest absolute Gasteiger partial charge is 0.310 e. The predicted molar refractivity (Wildman–Crippen MR) is 92.1 cm³/mol. The van der Waals surface area contributed by atoms with Crippen molar-refractivity contribution in [2.24, 2.45) is 5.92 Å². The maximum Gasteiger partial charge on any atom is 0.0352 e. The van der Waals surface area contributed by atoms with E-state index in [0.717, 1.165) is 6.54 Å². The molecule has 0 aliphatic heterocycles. The van der Waals surface area contributed by atoms with Gasteiger partial charge < -0.3 is 5.32 Å². The highest BCUT2D eigenvalue weighted by atomic mass is 79.9. The van der Waals surface area contributed by atoms with Crippen LogP contribution in [0.25, 0.3) is 10.8 Å². The van der Waals surface area contributed by atoms with Crippen molar-refractivity contribution >= 4 is 26.7 Å². The smallest absolute Gasteiger partial charge is 0.0352 e. The summed E-state index contributed by atoms with van der Waals surface area (Å²) in [4.78, 5) is 0. The van der Waals surface area contributed by atoms with Crippen LogP contribution in [0.15, 0.2) is 40.9 Å². The second-order valence-electron chi connectivity index (χ2n) is 5.48. The Hall–Kier alpha value is -0.860. The van der Waals surface area contributed by atoms with Crippen molar-refractivity contribution in [3.8, 4) is 0 Å². The van der Waals surface area contributed by atoms with E-state index in [1.165, 1.54) is 33.7 Å². The lowest BCUT2D eigenvalue weighted by molar-refractivity contribution is 0.371. The van der Waals surface area contributed by atoms with Gasteiger partial charge in [0.15, 0.2) is 0 Å². The Morgan fingerprint density at radius 2 is 1.75 bits per heavy atom. The van der Waals surface area contributed by atoms with Crippen molar-refractivity contribution < 1.29 is 0 Å². The maximum absolute atomic E-state index is 3.68. The average Bonchev–Trinajstić information content (AvgIpc) is 2.46. The van der Waals surface area contributed by atoms with Gasteiger partial charge in [0.1, 0.15) is 0 Å². The molecular weight excluding hydrogens is 310 g/mol. The standard InChI is InChI=1S/C18H24BrN/c1-4-8-13(3)18(20-5-2)16-11-12-17(19)15-10-7-6-9-14(15)16/h6-7,9-13,18,20H,4-5,8H2,1-3H3. The van der Waals surface area contributed by atoms with Crippen molar-refractivity contribution in [2.45, 2.75) is 39.7 Å². The van der Waals surface area contributed by atoms with Crippen LogP contribution in [0.1, 0.15) is 45.2 Å².